The molecule has 0 aliphatic heterocycles. The predicted molar refractivity (Wildman–Crippen MR) is 131 cm³/mol. The van der Waals surface area contributed by atoms with Crippen LogP contribution in [0.25, 0.3) is 27.7 Å². The summed E-state index contributed by atoms with van der Waals surface area (Å²) in [7, 11) is 3.05. The zero-order valence-electron chi connectivity index (χ0n) is 19.2. The van der Waals surface area contributed by atoms with Crippen LogP contribution >= 0.6 is 0 Å². The topological polar surface area (TPSA) is 75.0 Å². The number of ether oxygens (including phenoxy) is 3. The minimum Gasteiger partial charge on any atom is -0.496 e. The summed E-state index contributed by atoms with van der Waals surface area (Å²) in [5.74, 6) is 0.341. The van der Waals surface area contributed by atoms with E-state index in [1.807, 2.05) is 60.7 Å². The molecule has 6 nitrogen and oxygen atoms in total. The summed E-state index contributed by atoms with van der Waals surface area (Å²) >= 11 is 0. The van der Waals surface area contributed by atoms with Crippen LogP contribution in [0.3, 0.4) is 0 Å². The molecule has 0 spiro atoms. The lowest BCUT2D eigenvalue weighted by Gasteiger charge is -2.18. The Labute approximate surface area is 197 Å². The number of rotatable bonds is 7. The predicted octanol–water partition coefficient (Wildman–Crippen LogP) is 5.47. The fourth-order valence-electron chi connectivity index (χ4n) is 3.93. The van der Waals surface area contributed by atoms with Crippen LogP contribution in [-0.4, -0.2) is 26.8 Å². The zero-order valence-corrected chi connectivity index (χ0v) is 19.2. The van der Waals surface area contributed by atoms with E-state index in [9.17, 15) is 9.59 Å². The number of hydrogen-bond donors (Lipinski definition) is 0. The Morgan fingerprint density at radius 3 is 2.18 bits per heavy atom. The van der Waals surface area contributed by atoms with E-state index in [0.717, 1.165) is 11.1 Å². The summed E-state index contributed by atoms with van der Waals surface area (Å²) in [6, 6.07) is 22.0. The van der Waals surface area contributed by atoms with Crippen LogP contribution in [0.1, 0.15) is 18.1 Å². The minimum absolute atomic E-state index is 0.227. The first-order valence-corrected chi connectivity index (χ1v) is 10.8. The van der Waals surface area contributed by atoms with Gasteiger partial charge in [-0.3, -0.25) is 0 Å². The second-order valence-electron chi connectivity index (χ2n) is 7.38. The van der Waals surface area contributed by atoms with Crippen molar-refractivity contribution in [2.24, 2.45) is 0 Å². The molecule has 0 aliphatic rings. The molecule has 34 heavy (non-hydrogen) atoms. The van der Waals surface area contributed by atoms with Crippen molar-refractivity contribution in [3.05, 3.63) is 100 Å². The van der Waals surface area contributed by atoms with Crippen molar-refractivity contribution in [3.63, 3.8) is 0 Å². The monoisotopic (exact) mass is 456 g/mol. The third-order valence-corrected chi connectivity index (χ3v) is 5.37. The average molecular weight is 456 g/mol. The van der Waals surface area contributed by atoms with Crippen LogP contribution in [-0.2, 0) is 9.53 Å². The van der Waals surface area contributed by atoms with Gasteiger partial charge in [0.15, 0.2) is 5.58 Å². The third-order valence-electron chi connectivity index (χ3n) is 5.37. The Morgan fingerprint density at radius 2 is 1.56 bits per heavy atom. The molecule has 4 rings (SSSR count). The van der Waals surface area contributed by atoms with Crippen LogP contribution < -0.4 is 15.1 Å². The summed E-state index contributed by atoms with van der Waals surface area (Å²) in [4.78, 5) is 25.3. The van der Waals surface area contributed by atoms with Crippen LogP contribution in [0.2, 0.25) is 0 Å². The Bertz CT molecular complexity index is 1400. The SMILES string of the molecule is CCOC(=O)/C=C(\c1ccccc1)c1c(OC)cc(OC)c2c(-c3ccccc3)cc(=O)oc12. The van der Waals surface area contributed by atoms with Crippen molar-refractivity contribution in [1.29, 1.82) is 0 Å². The fraction of sp³-hybridized carbons (Fsp3) is 0.143. The van der Waals surface area contributed by atoms with Gasteiger partial charge in [-0.1, -0.05) is 60.7 Å². The highest BCUT2D eigenvalue weighted by atomic mass is 16.5. The van der Waals surface area contributed by atoms with Crippen molar-refractivity contribution < 1.29 is 23.4 Å². The largest absolute Gasteiger partial charge is 0.496 e. The summed E-state index contributed by atoms with van der Waals surface area (Å²) in [5, 5.41) is 0.592. The number of esters is 1. The van der Waals surface area contributed by atoms with Crippen molar-refractivity contribution in [2.45, 2.75) is 6.92 Å². The van der Waals surface area contributed by atoms with Gasteiger partial charge in [-0.2, -0.15) is 0 Å². The summed E-state index contributed by atoms with van der Waals surface area (Å²) < 4.78 is 22.3. The molecule has 4 aromatic rings. The average Bonchev–Trinajstić information content (AvgIpc) is 2.87. The van der Waals surface area contributed by atoms with Crippen LogP contribution in [0.15, 0.2) is 88.1 Å². The van der Waals surface area contributed by atoms with E-state index in [1.165, 1.54) is 19.3 Å². The lowest BCUT2D eigenvalue weighted by atomic mass is 9.92. The summed E-state index contributed by atoms with van der Waals surface area (Å²) in [6.45, 7) is 1.97. The summed E-state index contributed by atoms with van der Waals surface area (Å²) in [6.07, 6.45) is 1.39. The highest BCUT2D eigenvalue weighted by Gasteiger charge is 2.24. The van der Waals surface area contributed by atoms with Gasteiger partial charge >= 0.3 is 11.6 Å². The maximum Gasteiger partial charge on any atom is 0.336 e. The molecule has 0 bridgehead atoms. The first kappa shape index (κ1) is 22.9. The maximum absolute atomic E-state index is 12.8. The van der Waals surface area contributed by atoms with Gasteiger partial charge in [0, 0.05) is 29.3 Å². The third kappa shape index (κ3) is 4.43. The van der Waals surface area contributed by atoms with Gasteiger partial charge in [0.1, 0.15) is 11.5 Å². The molecule has 0 aliphatic carbocycles. The van der Waals surface area contributed by atoms with E-state index >= 15 is 0 Å². The smallest absolute Gasteiger partial charge is 0.336 e. The van der Waals surface area contributed by atoms with E-state index in [0.29, 0.717) is 33.6 Å². The van der Waals surface area contributed by atoms with Crippen molar-refractivity contribution >= 4 is 22.5 Å². The van der Waals surface area contributed by atoms with Crippen LogP contribution in [0, 0.1) is 0 Å². The van der Waals surface area contributed by atoms with Gasteiger partial charge in [0.25, 0.3) is 0 Å². The van der Waals surface area contributed by atoms with Gasteiger partial charge < -0.3 is 18.6 Å². The standard InChI is InChI=1S/C28H24O6/c1-4-33-24(29)15-20(18-11-7-5-8-12-18)26-22(31-2)17-23(32-3)27-21(16-25(30)34-28(26)27)19-13-9-6-10-14-19/h5-17H,4H2,1-3H3/b20-15+. The number of carbonyl (C=O) groups excluding carboxylic acids is 1. The van der Waals surface area contributed by atoms with Gasteiger partial charge in [-0.05, 0) is 18.1 Å². The van der Waals surface area contributed by atoms with E-state index in [4.69, 9.17) is 18.6 Å². The second-order valence-corrected chi connectivity index (χ2v) is 7.38. The van der Waals surface area contributed by atoms with E-state index < -0.39 is 11.6 Å². The van der Waals surface area contributed by atoms with Crippen molar-refractivity contribution in [1.82, 2.24) is 0 Å². The van der Waals surface area contributed by atoms with Gasteiger partial charge in [0.05, 0.1) is 31.8 Å². The van der Waals surface area contributed by atoms with Gasteiger partial charge in [-0.15, -0.1) is 0 Å². The molecule has 172 valence electrons. The fourth-order valence-corrected chi connectivity index (χ4v) is 3.93. The molecule has 0 unspecified atom stereocenters. The zero-order chi connectivity index (χ0) is 24.1. The molecule has 0 saturated carbocycles. The van der Waals surface area contributed by atoms with Gasteiger partial charge in [-0.25, -0.2) is 9.59 Å². The molecule has 6 heteroatoms. The second kappa shape index (κ2) is 10.1. The Hall–Kier alpha value is -4.32. The highest BCUT2D eigenvalue weighted by Crippen LogP contribution is 2.44. The molecule has 1 aromatic heterocycles. The Balaban J connectivity index is 2.16. The first-order valence-electron chi connectivity index (χ1n) is 10.8. The normalized spacial score (nSPS) is 11.3. The molecule has 0 amide bonds. The lowest BCUT2D eigenvalue weighted by molar-refractivity contribution is -0.137. The molecule has 0 radical (unpaired) electrons. The van der Waals surface area contributed by atoms with Crippen LogP contribution in [0.5, 0.6) is 11.5 Å². The highest BCUT2D eigenvalue weighted by molar-refractivity contribution is 6.08. The van der Waals surface area contributed by atoms with E-state index in [1.54, 1.807) is 20.1 Å². The van der Waals surface area contributed by atoms with E-state index in [2.05, 4.69) is 0 Å². The molecule has 3 aromatic carbocycles. The number of benzene rings is 3. The summed E-state index contributed by atoms with van der Waals surface area (Å²) in [5.41, 5.74) is 2.87. The number of hydrogen-bond acceptors (Lipinski definition) is 6. The molecule has 0 saturated heterocycles. The quantitative estimate of drug-likeness (QED) is 0.209. The number of methoxy groups -OCH3 is 2. The molecule has 0 N–H and O–H groups in total. The van der Waals surface area contributed by atoms with Gasteiger partial charge in [0.2, 0.25) is 0 Å². The Morgan fingerprint density at radius 1 is 0.912 bits per heavy atom. The molecular weight excluding hydrogens is 432 g/mol. The van der Waals surface area contributed by atoms with E-state index in [-0.39, 0.29) is 12.2 Å². The molecule has 0 atom stereocenters. The Kier molecular flexibility index (Phi) is 6.78. The molecular formula is C28H24O6. The number of fused-ring (bicyclic) bond motifs is 1. The maximum atomic E-state index is 12.8. The minimum atomic E-state index is -0.536. The lowest BCUT2D eigenvalue weighted by Crippen LogP contribution is -2.06. The first-order chi connectivity index (χ1) is 16.6. The number of carbonyl (C=O) groups is 1. The van der Waals surface area contributed by atoms with Crippen molar-refractivity contribution in [3.8, 4) is 22.6 Å². The van der Waals surface area contributed by atoms with Crippen LogP contribution in [0.4, 0.5) is 0 Å². The molecule has 0 fully saturated rings. The van der Waals surface area contributed by atoms with Crippen molar-refractivity contribution in [2.75, 3.05) is 20.8 Å². The molecule has 1 heterocycles.